The van der Waals surface area contributed by atoms with Crippen molar-refractivity contribution in [2.24, 2.45) is 0 Å². The van der Waals surface area contributed by atoms with Gasteiger partial charge in [-0.05, 0) is 51.3 Å². The van der Waals surface area contributed by atoms with Gasteiger partial charge >= 0.3 is 0 Å². The third-order valence-corrected chi connectivity index (χ3v) is 6.75. The first-order valence-electron chi connectivity index (χ1n) is 8.57. The van der Waals surface area contributed by atoms with Crippen LogP contribution in [-0.4, -0.2) is 50.3 Å². The molecule has 1 unspecified atom stereocenters. The van der Waals surface area contributed by atoms with Crippen LogP contribution in [0.1, 0.15) is 31.2 Å². The highest BCUT2D eigenvalue weighted by molar-refractivity contribution is 7.89. The van der Waals surface area contributed by atoms with E-state index in [0.29, 0.717) is 30.8 Å². The zero-order valence-electron chi connectivity index (χ0n) is 14.4. The smallest absolute Gasteiger partial charge is 0.243 e. The van der Waals surface area contributed by atoms with Crippen LogP contribution in [-0.2, 0) is 14.8 Å². The van der Waals surface area contributed by atoms with E-state index in [1.807, 2.05) is 19.1 Å². The molecule has 1 atom stereocenters. The lowest BCUT2D eigenvalue weighted by Crippen LogP contribution is -2.50. The molecule has 3 rings (SSSR count). The molecule has 0 bridgehead atoms. The summed E-state index contributed by atoms with van der Waals surface area (Å²) in [5.41, 5.74) is 1.04. The zero-order chi connectivity index (χ0) is 17.2. The van der Waals surface area contributed by atoms with Gasteiger partial charge in [-0.15, -0.1) is 12.4 Å². The third kappa shape index (κ3) is 4.73. The van der Waals surface area contributed by atoms with Gasteiger partial charge in [-0.2, -0.15) is 4.31 Å². The van der Waals surface area contributed by atoms with Gasteiger partial charge < -0.3 is 10.6 Å². The molecule has 0 saturated carbocycles. The molecule has 25 heavy (non-hydrogen) atoms. The molecule has 1 aromatic carbocycles. The average Bonchev–Trinajstić information content (AvgIpc) is 3.10. The lowest BCUT2D eigenvalue weighted by molar-refractivity contribution is -0.123. The Labute approximate surface area is 155 Å². The van der Waals surface area contributed by atoms with Crippen LogP contribution in [0.4, 0.5) is 0 Å². The molecule has 1 aromatic rings. The summed E-state index contributed by atoms with van der Waals surface area (Å²) in [5.74, 6) is 0.0485. The number of benzene rings is 1. The Bertz CT molecular complexity index is 680. The minimum Gasteiger partial charge on any atom is -0.352 e. The van der Waals surface area contributed by atoms with Crippen LogP contribution in [0.25, 0.3) is 0 Å². The van der Waals surface area contributed by atoms with Gasteiger partial charge in [-0.25, -0.2) is 8.42 Å². The SMILES string of the molecule is Cc1ccc(S(=O)(=O)N2CCC(NC(=O)C3CCCN3)CC2)cc1.Cl. The molecule has 2 fully saturated rings. The maximum absolute atomic E-state index is 12.7. The highest BCUT2D eigenvalue weighted by Crippen LogP contribution is 2.21. The summed E-state index contributed by atoms with van der Waals surface area (Å²) in [6, 6.07) is 6.92. The first-order chi connectivity index (χ1) is 11.5. The van der Waals surface area contributed by atoms with Crippen molar-refractivity contribution in [1.29, 1.82) is 0 Å². The van der Waals surface area contributed by atoms with Crippen LogP contribution in [0.2, 0.25) is 0 Å². The Morgan fingerprint density at radius 3 is 2.36 bits per heavy atom. The fourth-order valence-electron chi connectivity index (χ4n) is 3.31. The van der Waals surface area contributed by atoms with E-state index in [0.717, 1.165) is 24.9 Å². The summed E-state index contributed by atoms with van der Waals surface area (Å²) in [6.45, 7) is 3.72. The fourth-order valence-corrected chi connectivity index (χ4v) is 4.78. The van der Waals surface area contributed by atoms with Crippen LogP contribution in [0.5, 0.6) is 0 Å². The Hall–Kier alpha value is -1.15. The fraction of sp³-hybridized carbons (Fsp3) is 0.588. The molecule has 6 nitrogen and oxygen atoms in total. The largest absolute Gasteiger partial charge is 0.352 e. The van der Waals surface area contributed by atoms with Gasteiger partial charge in [0.1, 0.15) is 0 Å². The number of halogens is 1. The van der Waals surface area contributed by atoms with Crippen molar-refractivity contribution in [3.8, 4) is 0 Å². The van der Waals surface area contributed by atoms with Crippen molar-refractivity contribution in [3.63, 3.8) is 0 Å². The second kappa shape index (κ2) is 8.49. The second-order valence-electron chi connectivity index (χ2n) is 6.65. The number of sulfonamides is 1. The van der Waals surface area contributed by atoms with Gasteiger partial charge in [-0.3, -0.25) is 4.79 Å². The van der Waals surface area contributed by atoms with Crippen LogP contribution in [0.15, 0.2) is 29.2 Å². The van der Waals surface area contributed by atoms with Crippen LogP contribution >= 0.6 is 12.4 Å². The molecule has 2 aliphatic heterocycles. The van der Waals surface area contributed by atoms with Crippen molar-refractivity contribution < 1.29 is 13.2 Å². The summed E-state index contributed by atoms with van der Waals surface area (Å²) in [7, 11) is -3.44. The van der Waals surface area contributed by atoms with E-state index in [4.69, 9.17) is 0 Å². The third-order valence-electron chi connectivity index (χ3n) is 4.84. The number of hydrogen-bond donors (Lipinski definition) is 2. The highest BCUT2D eigenvalue weighted by Gasteiger charge is 2.31. The van der Waals surface area contributed by atoms with Gasteiger partial charge in [0.2, 0.25) is 15.9 Å². The molecule has 140 valence electrons. The van der Waals surface area contributed by atoms with Gasteiger partial charge in [0.25, 0.3) is 0 Å². The first-order valence-corrected chi connectivity index (χ1v) is 10.0. The molecule has 0 aromatic heterocycles. The monoisotopic (exact) mass is 387 g/mol. The highest BCUT2D eigenvalue weighted by atomic mass is 35.5. The Morgan fingerprint density at radius 1 is 1.16 bits per heavy atom. The van der Waals surface area contributed by atoms with E-state index in [9.17, 15) is 13.2 Å². The van der Waals surface area contributed by atoms with Crippen molar-refractivity contribution in [2.45, 2.75) is 49.6 Å². The van der Waals surface area contributed by atoms with E-state index < -0.39 is 10.0 Å². The zero-order valence-corrected chi connectivity index (χ0v) is 16.0. The number of piperidine rings is 1. The predicted molar refractivity (Wildman–Crippen MR) is 99.4 cm³/mol. The first kappa shape index (κ1) is 20.2. The average molecular weight is 388 g/mol. The second-order valence-corrected chi connectivity index (χ2v) is 8.59. The molecule has 2 N–H and O–H groups in total. The number of hydrogen-bond acceptors (Lipinski definition) is 4. The minimum atomic E-state index is -3.44. The molecule has 2 aliphatic rings. The van der Waals surface area contributed by atoms with Gasteiger partial charge in [0.15, 0.2) is 0 Å². The van der Waals surface area contributed by atoms with Crippen LogP contribution in [0, 0.1) is 6.92 Å². The molecular weight excluding hydrogens is 362 g/mol. The molecule has 0 radical (unpaired) electrons. The molecule has 1 amide bonds. The Balaban J connectivity index is 0.00000225. The van der Waals surface area contributed by atoms with Crippen molar-refractivity contribution in [2.75, 3.05) is 19.6 Å². The topological polar surface area (TPSA) is 78.5 Å². The summed E-state index contributed by atoms with van der Waals surface area (Å²) in [5, 5.41) is 6.24. The number of amides is 1. The van der Waals surface area contributed by atoms with Crippen LogP contribution in [0.3, 0.4) is 0 Å². The summed E-state index contributed by atoms with van der Waals surface area (Å²) in [4.78, 5) is 12.5. The molecule has 0 spiro atoms. The minimum absolute atomic E-state index is 0. The van der Waals surface area contributed by atoms with Crippen molar-refractivity contribution in [3.05, 3.63) is 29.8 Å². The molecule has 0 aliphatic carbocycles. The summed E-state index contributed by atoms with van der Waals surface area (Å²) >= 11 is 0. The Kier molecular flexibility index (Phi) is 6.85. The predicted octanol–water partition coefficient (Wildman–Crippen LogP) is 1.44. The van der Waals surface area contributed by atoms with E-state index >= 15 is 0 Å². The molecule has 2 heterocycles. The Morgan fingerprint density at radius 2 is 1.80 bits per heavy atom. The lowest BCUT2D eigenvalue weighted by Gasteiger charge is -2.32. The number of carbonyl (C=O) groups excluding carboxylic acids is 1. The molecule has 8 heteroatoms. The number of aryl methyl sites for hydroxylation is 1. The standard InChI is InChI=1S/C17H25N3O3S.ClH/c1-13-4-6-15(7-5-13)24(22,23)20-11-8-14(9-12-20)19-17(21)16-3-2-10-18-16;/h4-7,14,16,18H,2-3,8-12H2,1H3,(H,19,21);1H. The van der Waals surface area contributed by atoms with Crippen molar-refractivity contribution in [1.82, 2.24) is 14.9 Å². The van der Waals surface area contributed by atoms with Gasteiger partial charge in [0.05, 0.1) is 10.9 Å². The van der Waals surface area contributed by atoms with E-state index in [1.165, 1.54) is 4.31 Å². The van der Waals surface area contributed by atoms with Crippen molar-refractivity contribution >= 4 is 28.3 Å². The molecular formula is C17H26ClN3O3S. The van der Waals surface area contributed by atoms with Gasteiger partial charge in [0, 0.05) is 19.1 Å². The number of nitrogens with zero attached hydrogens (tertiary/aromatic N) is 1. The normalized spacial score (nSPS) is 22.4. The summed E-state index contributed by atoms with van der Waals surface area (Å²) < 4.78 is 26.9. The van der Waals surface area contributed by atoms with Gasteiger partial charge in [-0.1, -0.05) is 17.7 Å². The quantitative estimate of drug-likeness (QED) is 0.819. The number of rotatable bonds is 4. The van der Waals surface area contributed by atoms with Crippen LogP contribution < -0.4 is 10.6 Å². The maximum atomic E-state index is 12.7. The molecule has 2 saturated heterocycles. The summed E-state index contributed by atoms with van der Waals surface area (Å²) in [6.07, 6.45) is 3.23. The number of nitrogens with one attached hydrogen (secondary N) is 2. The number of carbonyl (C=O) groups is 1. The van der Waals surface area contributed by atoms with E-state index in [1.54, 1.807) is 12.1 Å². The van der Waals surface area contributed by atoms with E-state index in [2.05, 4.69) is 10.6 Å². The maximum Gasteiger partial charge on any atom is 0.243 e. The van der Waals surface area contributed by atoms with E-state index in [-0.39, 0.29) is 30.4 Å². The lowest BCUT2D eigenvalue weighted by atomic mass is 10.1.